The smallest absolute Gasteiger partial charge is 0.287 e. The number of likely N-dealkylation sites (tertiary alicyclic amines) is 1. The van der Waals surface area contributed by atoms with Gasteiger partial charge in [0.2, 0.25) is 17.6 Å². The number of nitrogens with zero attached hydrogens (tertiary/aromatic N) is 1. The fourth-order valence-corrected chi connectivity index (χ4v) is 5.66. The maximum Gasteiger partial charge on any atom is 0.287 e. The van der Waals surface area contributed by atoms with Crippen LogP contribution < -0.4 is 16.8 Å². The summed E-state index contributed by atoms with van der Waals surface area (Å²) in [5.74, 6) is -1.92. The molecule has 1 saturated heterocycles. The van der Waals surface area contributed by atoms with Crippen molar-refractivity contribution in [1.82, 2.24) is 10.2 Å². The highest BCUT2D eigenvalue weighted by molar-refractivity contribution is 6.37. The van der Waals surface area contributed by atoms with Crippen molar-refractivity contribution in [3.8, 4) is 0 Å². The van der Waals surface area contributed by atoms with Gasteiger partial charge in [0.15, 0.2) is 0 Å². The van der Waals surface area contributed by atoms with Crippen LogP contribution in [0.5, 0.6) is 0 Å². The second-order valence-electron chi connectivity index (χ2n) is 11.9. The Morgan fingerprint density at radius 1 is 1.12 bits per heavy atom. The van der Waals surface area contributed by atoms with Crippen molar-refractivity contribution < 1.29 is 19.2 Å². The average molecular weight is 449 g/mol. The van der Waals surface area contributed by atoms with Gasteiger partial charge in [-0.3, -0.25) is 19.2 Å². The summed E-state index contributed by atoms with van der Waals surface area (Å²) in [5.41, 5.74) is 11.1. The molecule has 5 atom stereocenters. The number of amides is 3. The molecule has 2 aliphatic carbocycles. The molecule has 3 rings (SSSR count). The summed E-state index contributed by atoms with van der Waals surface area (Å²) in [6, 6.07) is -2.36. The number of primary amides is 1. The molecule has 0 radical (unpaired) electrons. The molecule has 1 unspecified atom stereocenters. The monoisotopic (exact) mass is 448 g/mol. The number of rotatable bonds is 7. The number of carbonyl (C=O) groups excluding carboxylic acids is 4. The summed E-state index contributed by atoms with van der Waals surface area (Å²) in [7, 11) is 0. The van der Waals surface area contributed by atoms with E-state index in [0.717, 1.165) is 32.1 Å². The summed E-state index contributed by atoms with van der Waals surface area (Å²) in [6.07, 6.45) is 5.27. The molecule has 3 amide bonds. The Kier molecular flexibility index (Phi) is 6.76. The lowest BCUT2D eigenvalue weighted by Crippen LogP contribution is -2.58. The Bertz CT molecular complexity index is 783. The number of fused-ring (bicyclic) bond motifs is 1. The molecule has 5 N–H and O–H groups in total. The largest absolute Gasteiger partial charge is 0.363 e. The second kappa shape index (κ2) is 8.76. The van der Waals surface area contributed by atoms with E-state index in [0.29, 0.717) is 18.9 Å². The fraction of sp³-hybridized carbons (Fsp3) is 0.833. The molecular weight excluding hydrogens is 408 g/mol. The van der Waals surface area contributed by atoms with Gasteiger partial charge in [0, 0.05) is 6.54 Å². The molecule has 0 spiro atoms. The fourth-order valence-electron chi connectivity index (χ4n) is 5.66. The van der Waals surface area contributed by atoms with Crippen molar-refractivity contribution >= 4 is 23.5 Å². The maximum absolute atomic E-state index is 13.6. The van der Waals surface area contributed by atoms with Gasteiger partial charge in [-0.2, -0.15) is 0 Å². The van der Waals surface area contributed by atoms with E-state index in [9.17, 15) is 19.2 Å². The van der Waals surface area contributed by atoms with E-state index >= 15 is 0 Å². The molecule has 0 bridgehead atoms. The lowest BCUT2D eigenvalue weighted by Gasteiger charge is -2.35. The van der Waals surface area contributed by atoms with Gasteiger partial charge < -0.3 is 21.7 Å². The normalized spacial score (nSPS) is 29.1. The predicted octanol–water partition coefficient (Wildman–Crippen LogP) is 1.35. The number of nitrogens with two attached hydrogens (primary N) is 2. The number of hydrogen-bond donors (Lipinski definition) is 3. The van der Waals surface area contributed by atoms with E-state index in [4.69, 9.17) is 11.5 Å². The molecule has 180 valence electrons. The summed E-state index contributed by atoms with van der Waals surface area (Å²) in [5, 5.41) is 2.82. The van der Waals surface area contributed by atoms with E-state index < -0.39 is 35.2 Å². The Labute approximate surface area is 191 Å². The van der Waals surface area contributed by atoms with Crippen LogP contribution in [-0.2, 0) is 19.2 Å². The van der Waals surface area contributed by atoms with Gasteiger partial charge in [-0.1, -0.05) is 53.9 Å². The highest BCUT2D eigenvalue weighted by Gasteiger charge is 2.56. The van der Waals surface area contributed by atoms with Crippen LogP contribution in [0.4, 0.5) is 0 Å². The van der Waals surface area contributed by atoms with Gasteiger partial charge in [0.05, 0.1) is 12.1 Å². The molecule has 1 heterocycles. The number of ketones is 1. The van der Waals surface area contributed by atoms with Crippen molar-refractivity contribution in [3.63, 3.8) is 0 Å². The van der Waals surface area contributed by atoms with Gasteiger partial charge in [-0.05, 0) is 47.8 Å². The van der Waals surface area contributed by atoms with Gasteiger partial charge in [0.25, 0.3) is 5.91 Å². The molecular formula is C24H40N4O4. The molecule has 3 fully saturated rings. The van der Waals surface area contributed by atoms with Crippen LogP contribution in [0.1, 0.15) is 73.1 Å². The van der Waals surface area contributed by atoms with Crippen molar-refractivity contribution in [2.75, 3.05) is 6.54 Å². The summed E-state index contributed by atoms with van der Waals surface area (Å²) < 4.78 is 0. The Hall–Kier alpha value is -1.96. The van der Waals surface area contributed by atoms with Crippen molar-refractivity contribution in [2.45, 2.75) is 91.3 Å². The summed E-state index contributed by atoms with van der Waals surface area (Å²) in [6.45, 7) is 10.6. The quantitative estimate of drug-likeness (QED) is 0.505. The number of Topliss-reactive ketones (excluding diaryl/α,β-unsaturated/α-hetero) is 1. The van der Waals surface area contributed by atoms with Crippen LogP contribution in [0, 0.1) is 28.6 Å². The molecule has 2 saturated carbocycles. The van der Waals surface area contributed by atoms with Crippen LogP contribution in [0.3, 0.4) is 0 Å². The highest BCUT2D eigenvalue weighted by atomic mass is 16.2. The van der Waals surface area contributed by atoms with Crippen LogP contribution >= 0.6 is 0 Å². The third-order valence-electron chi connectivity index (χ3n) is 8.20. The Balaban J connectivity index is 1.85. The van der Waals surface area contributed by atoms with E-state index in [-0.39, 0.29) is 29.1 Å². The lowest BCUT2D eigenvalue weighted by atomic mass is 9.79. The first kappa shape index (κ1) is 24.7. The zero-order valence-electron chi connectivity index (χ0n) is 20.1. The van der Waals surface area contributed by atoms with Crippen LogP contribution in [-0.4, -0.2) is 53.1 Å². The van der Waals surface area contributed by atoms with Crippen LogP contribution in [0.2, 0.25) is 0 Å². The molecule has 8 heteroatoms. The first-order chi connectivity index (χ1) is 14.7. The first-order valence-electron chi connectivity index (χ1n) is 11.9. The molecule has 8 nitrogen and oxygen atoms in total. The first-order valence-corrected chi connectivity index (χ1v) is 11.9. The van der Waals surface area contributed by atoms with Gasteiger partial charge in [-0.25, -0.2) is 0 Å². The SMILES string of the molecule is CC(C)(C)[C@H](N)C(=O)N1C[C@H]2[C@H](CCC2(C)C)[C@H]1C(=O)NC(CC1CCC1)C(=O)C(N)=O. The van der Waals surface area contributed by atoms with Crippen LogP contribution in [0.25, 0.3) is 0 Å². The second-order valence-corrected chi connectivity index (χ2v) is 11.9. The molecule has 0 aromatic rings. The predicted molar refractivity (Wildman–Crippen MR) is 121 cm³/mol. The highest BCUT2D eigenvalue weighted by Crippen LogP contribution is 2.53. The number of nitrogens with one attached hydrogen (secondary N) is 1. The summed E-state index contributed by atoms with van der Waals surface area (Å²) in [4.78, 5) is 52.7. The number of carbonyl (C=O) groups is 4. The number of hydrogen-bond acceptors (Lipinski definition) is 5. The Morgan fingerprint density at radius 2 is 1.75 bits per heavy atom. The molecule has 0 aromatic heterocycles. The minimum absolute atomic E-state index is 0.00847. The standard InChI is InChI=1S/C24H40N4O4/c1-23(2,3)19(25)22(32)28-12-15-14(9-10-24(15,4)5)17(28)21(31)27-16(18(29)20(26)30)11-13-7-6-8-13/h13-17,19H,6-12,25H2,1-5H3,(H2,26,30)(H,27,31)/t14-,15-,16?,17-,19+/m0/s1. The summed E-state index contributed by atoms with van der Waals surface area (Å²) >= 11 is 0. The van der Waals surface area contributed by atoms with E-state index in [1.165, 1.54) is 0 Å². The van der Waals surface area contributed by atoms with Crippen molar-refractivity contribution in [1.29, 1.82) is 0 Å². The van der Waals surface area contributed by atoms with Gasteiger partial charge in [0.1, 0.15) is 6.04 Å². The van der Waals surface area contributed by atoms with Gasteiger partial charge in [-0.15, -0.1) is 0 Å². The lowest BCUT2D eigenvalue weighted by molar-refractivity contribution is -0.144. The third kappa shape index (κ3) is 4.70. The Morgan fingerprint density at radius 3 is 2.25 bits per heavy atom. The van der Waals surface area contributed by atoms with E-state index in [2.05, 4.69) is 19.2 Å². The molecule has 32 heavy (non-hydrogen) atoms. The topological polar surface area (TPSA) is 136 Å². The zero-order chi connectivity index (χ0) is 24.0. The van der Waals surface area contributed by atoms with E-state index in [1.54, 1.807) is 4.90 Å². The van der Waals surface area contributed by atoms with Crippen molar-refractivity contribution in [3.05, 3.63) is 0 Å². The van der Waals surface area contributed by atoms with Crippen LogP contribution in [0.15, 0.2) is 0 Å². The molecule has 3 aliphatic rings. The average Bonchev–Trinajstić information content (AvgIpc) is 3.18. The third-order valence-corrected chi connectivity index (χ3v) is 8.20. The maximum atomic E-state index is 13.6. The van der Waals surface area contributed by atoms with E-state index in [1.807, 2.05) is 20.8 Å². The molecule has 0 aromatic carbocycles. The van der Waals surface area contributed by atoms with Gasteiger partial charge >= 0.3 is 0 Å². The minimum Gasteiger partial charge on any atom is -0.363 e. The molecule has 1 aliphatic heterocycles. The van der Waals surface area contributed by atoms with Crippen molar-refractivity contribution in [2.24, 2.45) is 40.1 Å². The minimum atomic E-state index is -1.04. The zero-order valence-corrected chi connectivity index (χ0v) is 20.1.